The number of nitrogens with zero attached hydrogens (tertiary/aromatic N) is 1. The first-order valence-electron chi connectivity index (χ1n) is 5.54. The van der Waals surface area contributed by atoms with E-state index in [9.17, 15) is 17.6 Å². The lowest BCUT2D eigenvalue weighted by Gasteiger charge is -2.21. The van der Waals surface area contributed by atoms with Gasteiger partial charge in [-0.15, -0.1) is 0 Å². The second-order valence-electron chi connectivity index (χ2n) is 4.19. The molecular weight excluding hydrogens is 341 g/mol. The van der Waals surface area contributed by atoms with Crippen molar-refractivity contribution >= 4 is 31.9 Å². The quantitative estimate of drug-likeness (QED) is 0.901. The zero-order chi connectivity index (χ0) is 14.2. The van der Waals surface area contributed by atoms with Crippen molar-refractivity contribution in [1.82, 2.24) is 4.31 Å². The van der Waals surface area contributed by atoms with Gasteiger partial charge < -0.3 is 5.11 Å². The van der Waals surface area contributed by atoms with Gasteiger partial charge in [0.05, 0.1) is 0 Å². The monoisotopic (exact) mass is 351 g/mol. The molecule has 5 nitrogen and oxygen atoms in total. The molecule has 1 unspecified atom stereocenters. The number of hydrogen-bond acceptors (Lipinski definition) is 3. The molecule has 1 N–H and O–H groups in total. The number of carbonyl (C=O) groups is 1. The van der Waals surface area contributed by atoms with Gasteiger partial charge in [-0.2, -0.15) is 4.31 Å². The Hall–Kier alpha value is -0.990. The molecule has 1 fully saturated rings. The standard InChI is InChI=1S/C11H11BrFNO4S/c12-7-3-4-8(13)10(6-7)19(17,18)14-5-1-2-9(14)11(15)16/h3-4,6,9H,1-2,5H2,(H,15,16). The van der Waals surface area contributed by atoms with E-state index in [1.165, 1.54) is 6.07 Å². The van der Waals surface area contributed by atoms with E-state index >= 15 is 0 Å². The summed E-state index contributed by atoms with van der Waals surface area (Å²) in [6.45, 7) is 0.0885. The Morgan fingerprint density at radius 1 is 1.47 bits per heavy atom. The van der Waals surface area contributed by atoms with E-state index in [1.807, 2.05) is 0 Å². The zero-order valence-electron chi connectivity index (χ0n) is 9.71. The molecule has 0 aromatic heterocycles. The van der Waals surface area contributed by atoms with E-state index in [0.29, 0.717) is 10.9 Å². The van der Waals surface area contributed by atoms with Crippen molar-refractivity contribution in [3.63, 3.8) is 0 Å². The Morgan fingerprint density at radius 2 is 2.16 bits per heavy atom. The number of sulfonamides is 1. The van der Waals surface area contributed by atoms with Crippen LogP contribution >= 0.6 is 15.9 Å². The minimum Gasteiger partial charge on any atom is -0.480 e. The van der Waals surface area contributed by atoms with Crippen LogP contribution in [0, 0.1) is 5.82 Å². The fourth-order valence-corrected chi connectivity index (χ4v) is 4.33. The van der Waals surface area contributed by atoms with Crippen LogP contribution in [0.2, 0.25) is 0 Å². The van der Waals surface area contributed by atoms with Gasteiger partial charge >= 0.3 is 5.97 Å². The Balaban J connectivity index is 2.48. The summed E-state index contributed by atoms with van der Waals surface area (Å²) < 4.78 is 39.6. The average Bonchev–Trinajstić information content (AvgIpc) is 2.82. The number of halogens is 2. The van der Waals surface area contributed by atoms with Crippen LogP contribution in [0.15, 0.2) is 27.6 Å². The molecule has 0 spiro atoms. The topological polar surface area (TPSA) is 74.7 Å². The molecule has 8 heteroatoms. The van der Waals surface area contributed by atoms with Crippen LogP contribution in [-0.2, 0) is 14.8 Å². The highest BCUT2D eigenvalue weighted by Gasteiger charge is 2.40. The molecule has 1 aromatic carbocycles. The highest BCUT2D eigenvalue weighted by Crippen LogP contribution is 2.29. The molecule has 0 bridgehead atoms. The van der Waals surface area contributed by atoms with E-state index in [-0.39, 0.29) is 13.0 Å². The van der Waals surface area contributed by atoms with Crippen molar-refractivity contribution in [3.8, 4) is 0 Å². The summed E-state index contributed by atoms with van der Waals surface area (Å²) in [4.78, 5) is 10.5. The van der Waals surface area contributed by atoms with Gasteiger partial charge in [0.2, 0.25) is 10.0 Å². The predicted octanol–water partition coefficient (Wildman–Crippen LogP) is 1.83. The predicted molar refractivity (Wildman–Crippen MR) is 68.6 cm³/mol. The highest BCUT2D eigenvalue weighted by atomic mass is 79.9. The van der Waals surface area contributed by atoms with E-state index in [0.717, 1.165) is 16.4 Å². The molecule has 0 radical (unpaired) electrons. The van der Waals surface area contributed by atoms with Crippen molar-refractivity contribution in [1.29, 1.82) is 0 Å². The summed E-state index contributed by atoms with van der Waals surface area (Å²) in [5.74, 6) is -2.10. The maximum Gasteiger partial charge on any atom is 0.322 e. The second-order valence-corrected chi connectivity index (χ2v) is 6.96. The lowest BCUT2D eigenvalue weighted by molar-refractivity contribution is -0.140. The summed E-state index contributed by atoms with van der Waals surface area (Å²) in [6.07, 6.45) is 0.690. The molecular formula is C11H11BrFNO4S. The molecule has 19 heavy (non-hydrogen) atoms. The van der Waals surface area contributed by atoms with Gasteiger partial charge in [0.1, 0.15) is 16.8 Å². The smallest absolute Gasteiger partial charge is 0.322 e. The Morgan fingerprint density at radius 3 is 2.79 bits per heavy atom. The number of hydrogen-bond donors (Lipinski definition) is 1. The summed E-state index contributed by atoms with van der Waals surface area (Å²) in [6, 6.07) is 2.43. The molecule has 2 rings (SSSR count). The number of rotatable bonds is 3. The van der Waals surface area contributed by atoms with Gasteiger partial charge in [-0.3, -0.25) is 4.79 Å². The largest absolute Gasteiger partial charge is 0.480 e. The Bertz CT molecular complexity index is 619. The molecule has 1 atom stereocenters. The number of benzene rings is 1. The van der Waals surface area contributed by atoms with Gasteiger partial charge in [-0.05, 0) is 31.0 Å². The second kappa shape index (κ2) is 5.18. The molecule has 1 aliphatic heterocycles. The first-order chi connectivity index (χ1) is 8.84. The van der Waals surface area contributed by atoms with Gasteiger partial charge in [-0.1, -0.05) is 15.9 Å². The molecule has 0 saturated carbocycles. The molecule has 1 aliphatic rings. The van der Waals surface area contributed by atoms with Crippen LogP contribution in [0.25, 0.3) is 0 Å². The van der Waals surface area contributed by atoms with Crippen molar-refractivity contribution in [2.75, 3.05) is 6.54 Å². The molecule has 1 saturated heterocycles. The fraction of sp³-hybridized carbons (Fsp3) is 0.364. The summed E-state index contributed by atoms with van der Waals surface area (Å²) >= 11 is 3.08. The normalized spacial score (nSPS) is 20.6. The third-order valence-electron chi connectivity index (χ3n) is 2.97. The van der Waals surface area contributed by atoms with Gasteiger partial charge in [0, 0.05) is 11.0 Å². The average molecular weight is 352 g/mol. The maximum absolute atomic E-state index is 13.7. The third kappa shape index (κ3) is 2.65. The minimum absolute atomic E-state index is 0.0885. The third-order valence-corrected chi connectivity index (χ3v) is 5.39. The highest BCUT2D eigenvalue weighted by molar-refractivity contribution is 9.10. The van der Waals surface area contributed by atoms with E-state index in [4.69, 9.17) is 5.11 Å². The zero-order valence-corrected chi connectivity index (χ0v) is 12.1. The van der Waals surface area contributed by atoms with Crippen LogP contribution in [0.4, 0.5) is 4.39 Å². The van der Waals surface area contributed by atoms with E-state index in [1.54, 1.807) is 0 Å². The number of carboxylic acids is 1. The van der Waals surface area contributed by atoms with Crippen LogP contribution in [0.1, 0.15) is 12.8 Å². The van der Waals surface area contributed by atoms with Crippen molar-refractivity contribution in [2.45, 2.75) is 23.8 Å². The van der Waals surface area contributed by atoms with Gasteiger partial charge in [-0.25, -0.2) is 12.8 Å². The minimum atomic E-state index is -4.14. The lowest BCUT2D eigenvalue weighted by atomic mass is 10.2. The lowest BCUT2D eigenvalue weighted by Crippen LogP contribution is -2.40. The number of aliphatic carboxylic acids is 1. The van der Waals surface area contributed by atoms with Crippen molar-refractivity contribution in [2.24, 2.45) is 0 Å². The van der Waals surface area contributed by atoms with Crippen molar-refractivity contribution in [3.05, 3.63) is 28.5 Å². The summed E-state index contributed by atoms with van der Waals surface area (Å²) in [7, 11) is -4.14. The van der Waals surface area contributed by atoms with Crippen LogP contribution in [0.5, 0.6) is 0 Å². The van der Waals surface area contributed by atoms with Gasteiger partial charge in [0.25, 0.3) is 0 Å². The Kier molecular flexibility index (Phi) is 3.93. The van der Waals surface area contributed by atoms with E-state index in [2.05, 4.69) is 15.9 Å². The number of carboxylic acid groups (broad SMARTS) is 1. The van der Waals surface area contributed by atoms with Crippen LogP contribution in [-0.4, -0.2) is 36.4 Å². The van der Waals surface area contributed by atoms with Gasteiger partial charge in [0.15, 0.2) is 0 Å². The first kappa shape index (κ1) is 14.4. The van der Waals surface area contributed by atoms with Crippen molar-refractivity contribution < 1.29 is 22.7 Å². The van der Waals surface area contributed by atoms with E-state index < -0.39 is 32.7 Å². The molecule has 1 aromatic rings. The first-order valence-corrected chi connectivity index (χ1v) is 7.77. The molecule has 1 heterocycles. The molecule has 0 amide bonds. The molecule has 0 aliphatic carbocycles. The Labute approximate surface area is 118 Å². The summed E-state index contributed by atoms with van der Waals surface area (Å²) in [5.41, 5.74) is 0. The SMILES string of the molecule is O=C(O)C1CCCN1S(=O)(=O)c1cc(Br)ccc1F. The molecule has 104 valence electrons. The van der Waals surface area contributed by atoms with Crippen LogP contribution < -0.4 is 0 Å². The fourth-order valence-electron chi connectivity index (χ4n) is 2.08. The van der Waals surface area contributed by atoms with Crippen LogP contribution in [0.3, 0.4) is 0 Å². The summed E-state index contributed by atoms with van der Waals surface area (Å²) in [5, 5.41) is 9.01. The maximum atomic E-state index is 13.7.